The van der Waals surface area contributed by atoms with E-state index in [4.69, 9.17) is 5.73 Å². The lowest BCUT2D eigenvalue weighted by Gasteiger charge is -2.40. The van der Waals surface area contributed by atoms with Crippen molar-refractivity contribution < 1.29 is 4.79 Å². The molecule has 3 heteroatoms. The van der Waals surface area contributed by atoms with Crippen molar-refractivity contribution in [3.63, 3.8) is 0 Å². The van der Waals surface area contributed by atoms with Crippen molar-refractivity contribution in [2.75, 3.05) is 5.73 Å². The predicted molar refractivity (Wildman–Crippen MR) is 84.7 cm³/mol. The Balaban J connectivity index is 1.74. The van der Waals surface area contributed by atoms with E-state index in [0.29, 0.717) is 6.54 Å². The first-order valence-corrected chi connectivity index (χ1v) is 7.40. The minimum atomic E-state index is -0.342. The summed E-state index contributed by atoms with van der Waals surface area (Å²) in [5, 5.41) is 3.06. The fraction of sp³-hybridized carbons (Fsp3) is 0.278. The lowest BCUT2D eigenvalue weighted by Crippen LogP contribution is -2.49. The van der Waals surface area contributed by atoms with Crippen molar-refractivity contribution >= 4 is 11.6 Å². The summed E-state index contributed by atoms with van der Waals surface area (Å²) in [5.41, 5.74) is 8.39. The van der Waals surface area contributed by atoms with Gasteiger partial charge in [0.2, 0.25) is 5.91 Å². The Morgan fingerprint density at radius 3 is 2.33 bits per heavy atom. The number of amides is 1. The number of carbonyl (C=O) groups excluding carboxylic acids is 1. The van der Waals surface area contributed by atoms with Gasteiger partial charge in [0.25, 0.3) is 0 Å². The second kappa shape index (κ2) is 5.60. The number of carbonyl (C=O) groups is 1. The van der Waals surface area contributed by atoms with Gasteiger partial charge < -0.3 is 11.1 Å². The van der Waals surface area contributed by atoms with Gasteiger partial charge in [-0.25, -0.2) is 0 Å². The quantitative estimate of drug-likeness (QED) is 0.846. The smallest absolute Gasteiger partial charge is 0.230 e. The molecule has 0 aliphatic heterocycles. The van der Waals surface area contributed by atoms with Crippen LogP contribution in [0.2, 0.25) is 0 Å². The summed E-state index contributed by atoms with van der Waals surface area (Å²) in [6, 6.07) is 17.7. The molecular weight excluding hydrogens is 260 g/mol. The number of para-hydroxylation sites is 1. The van der Waals surface area contributed by atoms with E-state index in [1.165, 1.54) is 0 Å². The van der Waals surface area contributed by atoms with Gasteiger partial charge in [0.05, 0.1) is 5.41 Å². The molecule has 3 nitrogen and oxygen atoms in total. The van der Waals surface area contributed by atoms with E-state index < -0.39 is 0 Å². The molecular formula is C18H20N2O. The zero-order chi connectivity index (χ0) is 14.7. The maximum Gasteiger partial charge on any atom is 0.230 e. The van der Waals surface area contributed by atoms with Gasteiger partial charge in [-0.1, -0.05) is 55.0 Å². The van der Waals surface area contributed by atoms with Gasteiger partial charge in [-0.15, -0.1) is 0 Å². The zero-order valence-corrected chi connectivity index (χ0v) is 12.0. The monoisotopic (exact) mass is 280 g/mol. The summed E-state index contributed by atoms with van der Waals surface area (Å²) in [6.45, 7) is 0.486. The molecule has 0 aromatic heterocycles. The summed E-state index contributed by atoms with van der Waals surface area (Å²) < 4.78 is 0. The maximum absolute atomic E-state index is 12.7. The van der Waals surface area contributed by atoms with Crippen LogP contribution in [0.1, 0.15) is 30.4 Å². The van der Waals surface area contributed by atoms with Crippen molar-refractivity contribution in [1.82, 2.24) is 5.32 Å². The van der Waals surface area contributed by atoms with Crippen LogP contribution in [0.25, 0.3) is 0 Å². The van der Waals surface area contributed by atoms with Crippen LogP contribution < -0.4 is 11.1 Å². The van der Waals surface area contributed by atoms with E-state index in [1.54, 1.807) is 0 Å². The van der Waals surface area contributed by atoms with Gasteiger partial charge in [-0.2, -0.15) is 0 Å². The summed E-state index contributed by atoms with van der Waals surface area (Å²) in [7, 11) is 0. The molecule has 2 aromatic carbocycles. The molecule has 0 bridgehead atoms. The highest BCUT2D eigenvalue weighted by molar-refractivity contribution is 5.89. The summed E-state index contributed by atoms with van der Waals surface area (Å²) >= 11 is 0. The molecule has 108 valence electrons. The molecule has 0 atom stereocenters. The van der Waals surface area contributed by atoms with E-state index in [-0.39, 0.29) is 11.3 Å². The number of nitrogens with two attached hydrogens (primary N) is 1. The van der Waals surface area contributed by atoms with Crippen molar-refractivity contribution in [2.24, 2.45) is 0 Å². The summed E-state index contributed by atoms with van der Waals surface area (Å²) in [5.74, 6) is 0.114. The molecule has 2 aromatic rings. The normalized spacial score (nSPS) is 16.0. The predicted octanol–water partition coefficient (Wildman–Crippen LogP) is 3.01. The van der Waals surface area contributed by atoms with Crippen LogP contribution in [-0.2, 0) is 16.8 Å². The molecule has 0 radical (unpaired) electrons. The van der Waals surface area contributed by atoms with Gasteiger partial charge >= 0.3 is 0 Å². The van der Waals surface area contributed by atoms with Crippen LogP contribution in [0.15, 0.2) is 54.6 Å². The Hall–Kier alpha value is -2.29. The van der Waals surface area contributed by atoms with Crippen molar-refractivity contribution in [3.8, 4) is 0 Å². The number of nitrogen functional groups attached to an aromatic ring is 1. The number of nitrogens with one attached hydrogen (secondary N) is 1. The van der Waals surface area contributed by atoms with E-state index in [2.05, 4.69) is 17.4 Å². The molecule has 0 spiro atoms. The molecule has 0 unspecified atom stereocenters. The number of hydrogen-bond acceptors (Lipinski definition) is 2. The van der Waals surface area contributed by atoms with Crippen LogP contribution in [0.4, 0.5) is 5.69 Å². The lowest BCUT2D eigenvalue weighted by atomic mass is 9.64. The van der Waals surface area contributed by atoms with Gasteiger partial charge in [-0.3, -0.25) is 4.79 Å². The van der Waals surface area contributed by atoms with Gasteiger partial charge in [-0.05, 0) is 30.0 Å². The van der Waals surface area contributed by atoms with Crippen molar-refractivity contribution in [2.45, 2.75) is 31.2 Å². The topological polar surface area (TPSA) is 55.1 Å². The molecule has 0 saturated heterocycles. The molecule has 1 fully saturated rings. The Morgan fingerprint density at radius 1 is 1.05 bits per heavy atom. The number of benzene rings is 2. The third-order valence-electron chi connectivity index (χ3n) is 4.46. The van der Waals surface area contributed by atoms with Gasteiger partial charge in [0, 0.05) is 12.2 Å². The average Bonchev–Trinajstić information content (AvgIpc) is 2.46. The van der Waals surface area contributed by atoms with Crippen LogP contribution in [0, 0.1) is 0 Å². The molecule has 3 rings (SSSR count). The largest absolute Gasteiger partial charge is 0.398 e. The molecule has 1 aliphatic rings. The van der Waals surface area contributed by atoms with Crippen LogP contribution in [0.3, 0.4) is 0 Å². The van der Waals surface area contributed by atoms with Gasteiger partial charge in [0.15, 0.2) is 0 Å². The minimum absolute atomic E-state index is 0.114. The minimum Gasteiger partial charge on any atom is -0.398 e. The molecule has 21 heavy (non-hydrogen) atoms. The van der Waals surface area contributed by atoms with Crippen molar-refractivity contribution in [3.05, 3.63) is 65.7 Å². The highest BCUT2D eigenvalue weighted by atomic mass is 16.2. The van der Waals surface area contributed by atoms with Crippen LogP contribution in [0.5, 0.6) is 0 Å². The standard InChI is InChI=1S/C18H20N2O/c19-16-10-5-4-7-14(16)13-20-17(21)18(11-6-12-18)15-8-2-1-3-9-15/h1-5,7-10H,6,11-13,19H2,(H,20,21). The lowest BCUT2D eigenvalue weighted by molar-refractivity contribution is -0.130. The van der Waals surface area contributed by atoms with E-state index in [0.717, 1.165) is 36.1 Å². The second-order valence-corrected chi connectivity index (χ2v) is 5.68. The van der Waals surface area contributed by atoms with Crippen LogP contribution in [-0.4, -0.2) is 5.91 Å². The number of anilines is 1. The Bertz CT molecular complexity index is 633. The first-order valence-electron chi connectivity index (χ1n) is 7.40. The third kappa shape index (κ3) is 2.51. The number of rotatable bonds is 4. The van der Waals surface area contributed by atoms with Gasteiger partial charge in [0.1, 0.15) is 0 Å². The van der Waals surface area contributed by atoms with E-state index in [9.17, 15) is 4.79 Å². The highest BCUT2D eigenvalue weighted by Gasteiger charge is 2.45. The fourth-order valence-corrected chi connectivity index (χ4v) is 2.97. The first kappa shape index (κ1) is 13.7. The Morgan fingerprint density at radius 2 is 1.71 bits per heavy atom. The molecule has 0 heterocycles. The Kier molecular flexibility index (Phi) is 3.65. The maximum atomic E-state index is 12.7. The first-order chi connectivity index (χ1) is 10.2. The SMILES string of the molecule is Nc1ccccc1CNC(=O)C1(c2ccccc2)CCC1. The molecule has 1 saturated carbocycles. The zero-order valence-electron chi connectivity index (χ0n) is 12.0. The summed E-state index contributed by atoms with van der Waals surface area (Å²) in [4.78, 5) is 12.7. The average molecular weight is 280 g/mol. The summed E-state index contributed by atoms with van der Waals surface area (Å²) in [6.07, 6.45) is 2.95. The molecule has 1 amide bonds. The van der Waals surface area contributed by atoms with E-state index in [1.807, 2.05) is 42.5 Å². The molecule has 1 aliphatic carbocycles. The molecule has 3 N–H and O–H groups in total. The highest BCUT2D eigenvalue weighted by Crippen LogP contribution is 2.43. The second-order valence-electron chi connectivity index (χ2n) is 5.68. The van der Waals surface area contributed by atoms with Crippen LogP contribution >= 0.6 is 0 Å². The van der Waals surface area contributed by atoms with Crippen molar-refractivity contribution in [1.29, 1.82) is 0 Å². The Labute approximate surface area is 125 Å². The van der Waals surface area contributed by atoms with E-state index >= 15 is 0 Å². The fourth-order valence-electron chi connectivity index (χ4n) is 2.97. The number of hydrogen-bond donors (Lipinski definition) is 2. The third-order valence-corrected chi connectivity index (χ3v) is 4.46.